The number of aryl methyl sites for hydroxylation is 1. The Morgan fingerprint density at radius 2 is 1.92 bits per heavy atom. The third-order valence-electron chi connectivity index (χ3n) is 5.03. The highest BCUT2D eigenvalue weighted by molar-refractivity contribution is 7.90. The Morgan fingerprint density at radius 3 is 2.58 bits per heavy atom. The minimum atomic E-state index is -3.07. The molecule has 0 bridgehead atoms. The lowest BCUT2D eigenvalue weighted by atomic mass is 10.0. The predicted octanol–water partition coefficient (Wildman–Crippen LogP) is 2.20. The molecule has 3 heterocycles. The van der Waals surface area contributed by atoms with E-state index < -0.39 is 10.0 Å². The fourth-order valence-corrected chi connectivity index (χ4v) is 5.84. The monoisotopic (exact) mass is 368 g/mol. The van der Waals surface area contributed by atoms with Crippen molar-refractivity contribution < 1.29 is 8.42 Å². The van der Waals surface area contributed by atoms with Crippen LogP contribution in [0.25, 0.3) is 0 Å². The molecule has 1 aromatic rings. The summed E-state index contributed by atoms with van der Waals surface area (Å²) in [7, 11) is -3.07. The molecule has 1 aliphatic carbocycles. The van der Waals surface area contributed by atoms with Crippen molar-refractivity contribution in [2.75, 3.05) is 24.7 Å². The van der Waals surface area contributed by atoms with Gasteiger partial charge in [-0.1, -0.05) is 11.6 Å². The first-order valence-electron chi connectivity index (χ1n) is 8.39. The van der Waals surface area contributed by atoms with E-state index in [4.69, 9.17) is 11.6 Å². The van der Waals surface area contributed by atoms with E-state index in [0.29, 0.717) is 24.9 Å². The maximum absolute atomic E-state index is 12.4. The Morgan fingerprint density at radius 1 is 1.21 bits per heavy atom. The molecule has 0 radical (unpaired) electrons. The number of nitrogens with zero attached hydrogens (tertiary/aromatic N) is 4. The largest absolute Gasteiger partial charge is 0.346 e. The van der Waals surface area contributed by atoms with E-state index >= 15 is 0 Å². The van der Waals surface area contributed by atoms with Gasteiger partial charge in [-0.2, -0.15) is 0 Å². The molecule has 1 saturated heterocycles. The van der Waals surface area contributed by atoms with Crippen LogP contribution in [0.5, 0.6) is 0 Å². The smallest absolute Gasteiger partial charge is 0.216 e. The van der Waals surface area contributed by atoms with E-state index in [1.54, 1.807) is 4.31 Å². The van der Waals surface area contributed by atoms with Crippen molar-refractivity contribution in [3.8, 4) is 0 Å². The highest BCUT2D eigenvalue weighted by Crippen LogP contribution is 2.36. The summed E-state index contributed by atoms with van der Waals surface area (Å²) < 4.78 is 26.4. The minimum absolute atomic E-state index is 0.129. The number of piperidine rings is 1. The van der Waals surface area contributed by atoms with E-state index in [9.17, 15) is 8.42 Å². The molecular weight excluding hydrogens is 348 g/mol. The van der Waals surface area contributed by atoms with Crippen LogP contribution in [0.15, 0.2) is 11.1 Å². The number of fused-ring (bicyclic) bond motifs is 1. The van der Waals surface area contributed by atoms with E-state index in [-0.39, 0.29) is 11.3 Å². The van der Waals surface area contributed by atoms with Gasteiger partial charge in [0.2, 0.25) is 10.0 Å². The molecule has 0 N–H and O–H groups in total. The first-order chi connectivity index (χ1) is 11.5. The number of sulfonamides is 1. The van der Waals surface area contributed by atoms with Gasteiger partial charge < -0.3 is 4.90 Å². The zero-order valence-electron chi connectivity index (χ0n) is 13.7. The number of anilines is 1. The summed E-state index contributed by atoms with van der Waals surface area (Å²) in [4.78, 5) is 11.0. The maximum Gasteiger partial charge on any atom is 0.216 e. The van der Waals surface area contributed by atoms with Crippen LogP contribution in [0.4, 0.5) is 5.69 Å². The SMILES string of the molecule is Cc1cc2c(c(Cl)n1)N(C1CCN(S(=O)(=O)C3CC3)CC1)CN=C2. The van der Waals surface area contributed by atoms with Crippen LogP contribution in [0.2, 0.25) is 5.15 Å². The molecule has 4 rings (SSSR count). The van der Waals surface area contributed by atoms with Gasteiger partial charge in [-0.15, -0.1) is 0 Å². The van der Waals surface area contributed by atoms with Gasteiger partial charge in [-0.3, -0.25) is 4.99 Å². The Hall–Kier alpha value is -1.18. The molecule has 24 heavy (non-hydrogen) atoms. The number of halogens is 1. The van der Waals surface area contributed by atoms with Crippen molar-refractivity contribution >= 4 is 33.5 Å². The van der Waals surface area contributed by atoms with E-state index in [1.165, 1.54) is 0 Å². The van der Waals surface area contributed by atoms with Gasteiger partial charge in [0.25, 0.3) is 0 Å². The highest BCUT2D eigenvalue weighted by atomic mass is 35.5. The van der Waals surface area contributed by atoms with Crippen LogP contribution in [0.1, 0.15) is 36.9 Å². The van der Waals surface area contributed by atoms with Crippen LogP contribution in [0, 0.1) is 6.92 Å². The van der Waals surface area contributed by atoms with Gasteiger partial charge in [-0.05, 0) is 38.7 Å². The zero-order chi connectivity index (χ0) is 16.9. The van der Waals surface area contributed by atoms with Crippen LogP contribution in [-0.4, -0.2) is 55.0 Å². The van der Waals surface area contributed by atoms with E-state index in [2.05, 4.69) is 14.9 Å². The molecule has 0 amide bonds. The summed E-state index contributed by atoms with van der Waals surface area (Å²) in [5.41, 5.74) is 2.80. The molecule has 1 saturated carbocycles. The second kappa shape index (κ2) is 5.97. The summed E-state index contributed by atoms with van der Waals surface area (Å²) in [6, 6.07) is 2.23. The average molecular weight is 369 g/mol. The third-order valence-corrected chi connectivity index (χ3v) is 7.69. The lowest BCUT2D eigenvalue weighted by molar-refractivity contribution is 0.310. The molecule has 3 aliphatic rings. The number of rotatable bonds is 3. The predicted molar refractivity (Wildman–Crippen MR) is 95.5 cm³/mol. The fourth-order valence-electron chi connectivity index (χ4n) is 3.62. The van der Waals surface area contributed by atoms with Crippen molar-refractivity contribution in [1.82, 2.24) is 9.29 Å². The normalized spacial score (nSPS) is 22.7. The van der Waals surface area contributed by atoms with Gasteiger partial charge in [0.1, 0.15) is 6.67 Å². The van der Waals surface area contributed by atoms with Crippen molar-refractivity contribution in [1.29, 1.82) is 0 Å². The Kier molecular flexibility index (Phi) is 4.05. The average Bonchev–Trinajstić information content (AvgIpc) is 3.39. The summed E-state index contributed by atoms with van der Waals surface area (Å²) in [5.74, 6) is 0. The van der Waals surface area contributed by atoms with Crippen molar-refractivity contribution in [2.24, 2.45) is 4.99 Å². The van der Waals surface area contributed by atoms with Crippen LogP contribution >= 0.6 is 11.6 Å². The fraction of sp³-hybridized carbons (Fsp3) is 0.625. The van der Waals surface area contributed by atoms with Crippen molar-refractivity contribution in [3.05, 3.63) is 22.5 Å². The van der Waals surface area contributed by atoms with Gasteiger partial charge in [0, 0.05) is 36.6 Å². The third kappa shape index (κ3) is 2.82. The summed E-state index contributed by atoms with van der Waals surface area (Å²) in [5, 5.41) is 0.375. The first-order valence-corrected chi connectivity index (χ1v) is 10.3. The van der Waals surface area contributed by atoms with Gasteiger partial charge in [-0.25, -0.2) is 17.7 Å². The molecule has 8 heteroatoms. The number of aliphatic imine (C=N–C) groups is 1. The van der Waals surface area contributed by atoms with E-state index in [1.807, 2.05) is 19.2 Å². The van der Waals surface area contributed by atoms with Gasteiger partial charge in [0.15, 0.2) is 5.15 Å². The number of pyridine rings is 1. The molecule has 0 unspecified atom stereocenters. The Bertz CT molecular complexity index is 784. The number of hydrogen-bond donors (Lipinski definition) is 0. The molecule has 2 aliphatic heterocycles. The van der Waals surface area contributed by atoms with Crippen LogP contribution < -0.4 is 4.90 Å². The second-order valence-electron chi connectivity index (χ2n) is 6.79. The number of aromatic nitrogens is 1. The Labute approximate surface area is 147 Å². The molecule has 130 valence electrons. The van der Waals surface area contributed by atoms with Crippen molar-refractivity contribution in [3.63, 3.8) is 0 Å². The van der Waals surface area contributed by atoms with Crippen molar-refractivity contribution in [2.45, 2.75) is 43.9 Å². The standard InChI is InChI=1S/C16H21ClN4O2S/c1-11-8-12-9-18-10-21(15(12)16(17)19-11)13-4-6-20(7-5-13)24(22,23)14-2-3-14/h8-9,13-14H,2-7,10H2,1H3. The van der Waals surface area contributed by atoms with Crippen LogP contribution in [-0.2, 0) is 10.0 Å². The molecule has 1 aromatic heterocycles. The zero-order valence-corrected chi connectivity index (χ0v) is 15.2. The molecule has 2 fully saturated rings. The second-order valence-corrected chi connectivity index (χ2v) is 9.36. The van der Waals surface area contributed by atoms with E-state index in [0.717, 1.165) is 42.6 Å². The first kappa shape index (κ1) is 16.3. The molecular formula is C16H21ClN4O2S. The van der Waals surface area contributed by atoms with Gasteiger partial charge >= 0.3 is 0 Å². The Balaban J connectivity index is 1.52. The maximum atomic E-state index is 12.4. The summed E-state index contributed by atoms with van der Waals surface area (Å²) in [6.07, 6.45) is 5.07. The quantitative estimate of drug-likeness (QED) is 0.767. The van der Waals surface area contributed by atoms with Gasteiger partial charge in [0.05, 0.1) is 10.9 Å². The summed E-state index contributed by atoms with van der Waals surface area (Å²) >= 11 is 6.39. The van der Waals surface area contributed by atoms with Crippen LogP contribution in [0.3, 0.4) is 0 Å². The molecule has 0 atom stereocenters. The highest BCUT2D eigenvalue weighted by Gasteiger charge is 2.42. The lowest BCUT2D eigenvalue weighted by Gasteiger charge is -2.40. The minimum Gasteiger partial charge on any atom is -0.346 e. The summed E-state index contributed by atoms with van der Waals surface area (Å²) in [6.45, 7) is 3.63. The molecule has 6 nitrogen and oxygen atoms in total. The lowest BCUT2D eigenvalue weighted by Crippen LogP contribution is -2.48. The number of hydrogen-bond acceptors (Lipinski definition) is 5. The molecule has 0 spiro atoms. The topological polar surface area (TPSA) is 65.9 Å². The molecule has 0 aromatic carbocycles.